The smallest absolute Gasteiger partial charge is 0.303 e. The van der Waals surface area contributed by atoms with Crippen molar-refractivity contribution in [1.82, 2.24) is 5.32 Å². The van der Waals surface area contributed by atoms with Gasteiger partial charge in [0.25, 0.3) is 0 Å². The van der Waals surface area contributed by atoms with E-state index >= 15 is 0 Å². The molecule has 1 heterocycles. The molecule has 0 saturated carbocycles. The molecule has 5 atom stereocenters. The molecule has 0 aromatic carbocycles. The zero-order chi connectivity index (χ0) is 24.3. The first-order valence-electron chi connectivity index (χ1n) is 10.2. The topological polar surface area (TPSA) is 144 Å². The molecule has 1 aliphatic heterocycles. The second-order valence-electron chi connectivity index (χ2n) is 7.19. The lowest BCUT2D eigenvalue weighted by molar-refractivity contribution is -0.257. The van der Waals surface area contributed by atoms with E-state index in [0.29, 0.717) is 6.42 Å². The molecule has 182 valence electrons. The fraction of sp³-hybridized carbons (Fsp3) is 0.750. The number of hydrogen-bond acceptors (Lipinski definition) is 10. The van der Waals surface area contributed by atoms with Gasteiger partial charge in [-0.2, -0.15) is 0 Å². The summed E-state index contributed by atoms with van der Waals surface area (Å²) in [6.07, 6.45) is -3.65. The van der Waals surface area contributed by atoms with E-state index in [1.165, 1.54) is 6.92 Å². The molecule has 0 bridgehead atoms. The van der Waals surface area contributed by atoms with E-state index in [4.69, 9.17) is 23.7 Å². The summed E-state index contributed by atoms with van der Waals surface area (Å²) in [6, 6.07) is 0. The van der Waals surface area contributed by atoms with Gasteiger partial charge in [-0.25, -0.2) is 0 Å². The molecule has 1 aliphatic rings. The highest BCUT2D eigenvalue weighted by molar-refractivity contribution is 9.09. The third-order valence-corrected chi connectivity index (χ3v) is 4.89. The summed E-state index contributed by atoms with van der Waals surface area (Å²) in [5.74, 6) is -3.18. The van der Waals surface area contributed by atoms with Crippen molar-refractivity contribution in [3.63, 3.8) is 0 Å². The van der Waals surface area contributed by atoms with Gasteiger partial charge in [0.2, 0.25) is 5.91 Å². The van der Waals surface area contributed by atoms with Crippen LogP contribution < -0.4 is 5.32 Å². The van der Waals surface area contributed by atoms with Gasteiger partial charge in [0.05, 0.1) is 0 Å². The predicted molar refractivity (Wildman–Crippen MR) is 112 cm³/mol. The molecular formula is C20H30BrNO10. The first-order valence-corrected chi connectivity index (χ1v) is 11.3. The van der Waals surface area contributed by atoms with Crippen LogP contribution in [0.1, 0.15) is 53.4 Å². The van der Waals surface area contributed by atoms with Crippen LogP contribution in [-0.2, 0) is 47.7 Å². The molecule has 0 aliphatic carbocycles. The number of halogens is 1. The zero-order valence-corrected chi connectivity index (χ0v) is 20.2. The number of esters is 4. The van der Waals surface area contributed by atoms with Gasteiger partial charge in [-0.3, -0.25) is 24.0 Å². The van der Waals surface area contributed by atoms with Crippen LogP contribution in [0.3, 0.4) is 0 Å². The SMILES string of the molecule is CC(=O)OC[C@H]1O[C@@H](NC(=O)CCCCCBr)[C@H](OC(C)=O)[C@@H](OC(C)=O)[C@@H]1OC(C)=O. The van der Waals surface area contributed by atoms with Crippen molar-refractivity contribution in [2.45, 2.75) is 84.0 Å². The summed E-state index contributed by atoms with van der Waals surface area (Å²) >= 11 is 3.32. The van der Waals surface area contributed by atoms with E-state index in [1.807, 2.05) is 0 Å². The number of nitrogens with one attached hydrogen (secondary N) is 1. The molecule has 0 unspecified atom stereocenters. The summed E-state index contributed by atoms with van der Waals surface area (Å²) in [6.45, 7) is 4.23. The van der Waals surface area contributed by atoms with Crippen molar-refractivity contribution in [2.24, 2.45) is 0 Å². The van der Waals surface area contributed by atoms with Crippen molar-refractivity contribution in [2.75, 3.05) is 11.9 Å². The van der Waals surface area contributed by atoms with Crippen LogP contribution in [0.2, 0.25) is 0 Å². The Morgan fingerprint density at radius 1 is 0.781 bits per heavy atom. The van der Waals surface area contributed by atoms with Crippen LogP contribution in [-0.4, -0.2) is 72.4 Å². The maximum atomic E-state index is 12.4. The number of alkyl halides is 1. The lowest BCUT2D eigenvalue weighted by atomic mass is 9.97. The molecule has 0 aromatic rings. The lowest BCUT2D eigenvalue weighted by Crippen LogP contribution is -2.66. The molecule has 0 aromatic heterocycles. The van der Waals surface area contributed by atoms with Gasteiger partial charge in [0.15, 0.2) is 24.5 Å². The first-order chi connectivity index (χ1) is 15.0. The van der Waals surface area contributed by atoms with E-state index in [-0.39, 0.29) is 18.9 Å². The van der Waals surface area contributed by atoms with Gasteiger partial charge < -0.3 is 29.0 Å². The molecule has 1 amide bonds. The van der Waals surface area contributed by atoms with Crippen LogP contribution >= 0.6 is 15.9 Å². The first kappa shape index (κ1) is 27.8. The Bertz CT molecular complexity index is 685. The highest BCUT2D eigenvalue weighted by Crippen LogP contribution is 2.28. The molecular weight excluding hydrogens is 494 g/mol. The Labute approximate surface area is 194 Å². The maximum absolute atomic E-state index is 12.4. The Morgan fingerprint density at radius 3 is 1.88 bits per heavy atom. The minimum absolute atomic E-state index is 0.194. The number of rotatable bonds is 11. The standard InChI is InChI=1S/C20H30BrNO10/c1-11(23)28-10-15-17(29-12(2)24)18(30-13(3)25)19(31-14(4)26)20(32-15)22-16(27)8-6-5-7-9-21/h15,17-20H,5-10H2,1-4H3,(H,22,27)/t15-,17-,18+,19-,20-/m1/s1. The number of ether oxygens (including phenoxy) is 5. The number of unbranched alkanes of at least 4 members (excludes halogenated alkanes) is 2. The van der Waals surface area contributed by atoms with Gasteiger partial charge >= 0.3 is 23.9 Å². The lowest BCUT2D eigenvalue weighted by Gasteiger charge is -2.44. The van der Waals surface area contributed by atoms with E-state index in [0.717, 1.165) is 38.9 Å². The average Bonchev–Trinajstić information content (AvgIpc) is 2.67. The minimum Gasteiger partial charge on any atom is -0.463 e. The van der Waals surface area contributed by atoms with E-state index in [1.54, 1.807) is 0 Å². The third kappa shape index (κ3) is 9.94. The van der Waals surface area contributed by atoms with Crippen LogP contribution in [0.4, 0.5) is 0 Å². The number of carbonyl (C=O) groups excluding carboxylic acids is 5. The predicted octanol–water partition coefficient (Wildman–Crippen LogP) is 1.14. The third-order valence-electron chi connectivity index (χ3n) is 4.33. The van der Waals surface area contributed by atoms with Crippen molar-refractivity contribution >= 4 is 45.7 Å². The largest absolute Gasteiger partial charge is 0.463 e. The van der Waals surface area contributed by atoms with E-state index in [9.17, 15) is 24.0 Å². The van der Waals surface area contributed by atoms with Crippen molar-refractivity contribution < 1.29 is 47.7 Å². The molecule has 1 saturated heterocycles. The Balaban J connectivity index is 3.18. The molecule has 12 heteroatoms. The molecule has 11 nitrogen and oxygen atoms in total. The summed E-state index contributed by atoms with van der Waals surface area (Å²) in [5, 5.41) is 3.45. The quantitative estimate of drug-likeness (QED) is 0.181. The molecule has 0 spiro atoms. The number of amides is 1. The molecule has 32 heavy (non-hydrogen) atoms. The summed E-state index contributed by atoms with van der Waals surface area (Å²) in [7, 11) is 0. The van der Waals surface area contributed by atoms with Crippen molar-refractivity contribution in [3.8, 4) is 0 Å². The Kier molecular flexibility index (Phi) is 12.2. The molecule has 1 rings (SSSR count). The van der Waals surface area contributed by atoms with Crippen LogP contribution in [0.5, 0.6) is 0 Å². The fourth-order valence-corrected chi connectivity index (χ4v) is 3.53. The minimum atomic E-state index is -1.31. The Morgan fingerprint density at radius 2 is 1.34 bits per heavy atom. The summed E-state index contributed by atoms with van der Waals surface area (Å²) in [4.78, 5) is 58.9. The molecule has 1 fully saturated rings. The van der Waals surface area contributed by atoms with Crippen LogP contribution in [0.15, 0.2) is 0 Å². The molecule has 0 radical (unpaired) electrons. The van der Waals surface area contributed by atoms with Gasteiger partial charge in [-0.1, -0.05) is 22.4 Å². The summed E-state index contributed by atoms with van der Waals surface area (Å²) in [5.41, 5.74) is 0. The van der Waals surface area contributed by atoms with Crippen LogP contribution in [0, 0.1) is 0 Å². The average molecular weight is 524 g/mol. The second kappa shape index (κ2) is 14.0. The zero-order valence-electron chi connectivity index (χ0n) is 18.6. The van der Waals surface area contributed by atoms with Gasteiger partial charge in [-0.05, 0) is 12.8 Å². The maximum Gasteiger partial charge on any atom is 0.303 e. The number of carbonyl (C=O) groups is 5. The monoisotopic (exact) mass is 523 g/mol. The summed E-state index contributed by atoms with van der Waals surface area (Å²) < 4.78 is 26.7. The van der Waals surface area contributed by atoms with E-state index < -0.39 is 54.5 Å². The van der Waals surface area contributed by atoms with Crippen LogP contribution in [0.25, 0.3) is 0 Å². The van der Waals surface area contributed by atoms with Crippen molar-refractivity contribution in [3.05, 3.63) is 0 Å². The van der Waals surface area contributed by atoms with Crippen molar-refractivity contribution in [1.29, 1.82) is 0 Å². The molecule has 1 N–H and O–H groups in total. The second-order valence-corrected chi connectivity index (χ2v) is 7.98. The number of hydrogen-bond donors (Lipinski definition) is 1. The Hall–Kier alpha value is -2.21. The highest BCUT2D eigenvalue weighted by Gasteiger charge is 2.52. The normalized spacial score (nSPS) is 24.7. The van der Waals surface area contributed by atoms with E-state index in [2.05, 4.69) is 21.2 Å². The van der Waals surface area contributed by atoms with Gasteiger partial charge in [0.1, 0.15) is 12.7 Å². The fourth-order valence-electron chi connectivity index (χ4n) is 3.13. The highest BCUT2D eigenvalue weighted by atomic mass is 79.9. The van der Waals surface area contributed by atoms with Gasteiger partial charge in [-0.15, -0.1) is 0 Å². The van der Waals surface area contributed by atoms with Gasteiger partial charge in [0, 0.05) is 39.4 Å².